The molecule has 1 atom stereocenters. The summed E-state index contributed by atoms with van der Waals surface area (Å²) in [5.41, 5.74) is 0.838. The zero-order valence-electron chi connectivity index (χ0n) is 14.6. The van der Waals surface area contributed by atoms with Crippen molar-refractivity contribution in [2.24, 2.45) is 7.05 Å². The van der Waals surface area contributed by atoms with Gasteiger partial charge in [-0.15, -0.1) is 0 Å². The van der Waals surface area contributed by atoms with E-state index in [4.69, 9.17) is 5.11 Å². The van der Waals surface area contributed by atoms with E-state index < -0.39 is 5.97 Å². The predicted octanol–water partition coefficient (Wildman–Crippen LogP) is 0.747. The van der Waals surface area contributed by atoms with E-state index in [0.29, 0.717) is 25.9 Å². The Bertz CT molecular complexity index is 667. The van der Waals surface area contributed by atoms with E-state index in [0.717, 1.165) is 12.1 Å². The lowest BCUT2D eigenvalue weighted by Gasteiger charge is -2.28. The van der Waals surface area contributed by atoms with Gasteiger partial charge in [0.15, 0.2) is 0 Å². The lowest BCUT2D eigenvalue weighted by Crippen LogP contribution is -2.43. The minimum Gasteiger partial charge on any atom is -0.480 e. The second kappa shape index (κ2) is 8.46. The average Bonchev–Trinajstić information content (AvgIpc) is 2.81. The molecule has 0 spiro atoms. The highest BCUT2D eigenvalue weighted by Gasteiger charge is 2.27. The number of aryl methyl sites for hydroxylation is 1. The second-order valence-electron chi connectivity index (χ2n) is 6.16. The van der Waals surface area contributed by atoms with Crippen LogP contribution in [0.15, 0.2) is 18.3 Å². The van der Waals surface area contributed by atoms with Crippen LogP contribution in [-0.4, -0.2) is 68.1 Å². The van der Waals surface area contributed by atoms with Crippen LogP contribution in [0, 0.1) is 0 Å². The van der Waals surface area contributed by atoms with E-state index in [1.807, 2.05) is 6.07 Å². The molecular weight excluding hydrogens is 324 g/mol. The van der Waals surface area contributed by atoms with Crippen molar-refractivity contribution in [3.63, 3.8) is 0 Å². The van der Waals surface area contributed by atoms with Crippen LogP contribution in [0.25, 0.3) is 6.08 Å². The number of nitrogens with zero attached hydrogens (tertiary/aromatic N) is 4. The fraction of sp³-hybridized carbons (Fsp3) is 0.529. The lowest BCUT2D eigenvalue weighted by atomic mass is 10.1. The van der Waals surface area contributed by atoms with E-state index in [1.54, 1.807) is 28.9 Å². The molecule has 136 valence electrons. The van der Waals surface area contributed by atoms with Crippen molar-refractivity contribution in [2.75, 3.05) is 19.6 Å². The number of aliphatic carboxylic acids is 1. The molecule has 1 aromatic heterocycles. The first kappa shape index (κ1) is 18.7. The van der Waals surface area contributed by atoms with Crippen LogP contribution in [0.3, 0.4) is 0 Å². The Hall–Kier alpha value is -2.64. The summed E-state index contributed by atoms with van der Waals surface area (Å²) in [6, 6.07) is 1.67. The topological polar surface area (TPSA) is 95.7 Å². The van der Waals surface area contributed by atoms with Gasteiger partial charge in [-0.2, -0.15) is 5.10 Å². The van der Waals surface area contributed by atoms with E-state index >= 15 is 0 Å². The first-order chi connectivity index (χ1) is 11.9. The Labute approximate surface area is 146 Å². The standard InChI is InChI=1S/C17H24N4O4/c1-13(22)21(12-17(24)25)15-4-3-10-20(11-8-15)16(23)6-5-14-7-9-18-19(14)2/h5-7,9,15H,3-4,8,10-12H2,1-2H3,(H,24,25)/b6-5+. The van der Waals surface area contributed by atoms with Crippen molar-refractivity contribution in [1.82, 2.24) is 19.6 Å². The molecule has 1 fully saturated rings. The summed E-state index contributed by atoms with van der Waals surface area (Å²) in [6.45, 7) is 2.19. The number of carbonyl (C=O) groups is 3. The quantitative estimate of drug-likeness (QED) is 0.792. The zero-order chi connectivity index (χ0) is 18.4. The summed E-state index contributed by atoms with van der Waals surface area (Å²) in [7, 11) is 1.81. The molecule has 0 aliphatic carbocycles. The number of carboxylic acids is 1. The van der Waals surface area contributed by atoms with Gasteiger partial charge in [0.05, 0.1) is 5.69 Å². The normalized spacial score (nSPS) is 18.2. The highest BCUT2D eigenvalue weighted by Crippen LogP contribution is 2.18. The van der Waals surface area contributed by atoms with Gasteiger partial charge in [-0.1, -0.05) is 0 Å². The monoisotopic (exact) mass is 348 g/mol. The summed E-state index contributed by atoms with van der Waals surface area (Å²) in [5, 5.41) is 13.0. The van der Waals surface area contributed by atoms with Crippen LogP contribution in [0.5, 0.6) is 0 Å². The third kappa shape index (κ3) is 5.17. The Morgan fingerprint density at radius 1 is 1.36 bits per heavy atom. The van der Waals surface area contributed by atoms with Gasteiger partial charge in [-0.05, 0) is 31.4 Å². The number of rotatable bonds is 5. The molecule has 1 saturated heterocycles. The average molecular weight is 348 g/mol. The number of amides is 2. The number of hydrogen-bond acceptors (Lipinski definition) is 4. The van der Waals surface area contributed by atoms with Crippen molar-refractivity contribution in [1.29, 1.82) is 0 Å². The number of carboxylic acid groups (broad SMARTS) is 1. The summed E-state index contributed by atoms with van der Waals surface area (Å²) < 4.78 is 1.68. The van der Waals surface area contributed by atoms with E-state index in [1.165, 1.54) is 17.9 Å². The molecule has 0 radical (unpaired) electrons. The molecular formula is C17H24N4O4. The van der Waals surface area contributed by atoms with Crippen molar-refractivity contribution in [2.45, 2.75) is 32.2 Å². The van der Waals surface area contributed by atoms with Gasteiger partial charge >= 0.3 is 5.97 Å². The molecule has 1 N–H and O–H groups in total. The number of carbonyl (C=O) groups excluding carboxylic acids is 2. The first-order valence-corrected chi connectivity index (χ1v) is 8.32. The fourth-order valence-electron chi connectivity index (χ4n) is 3.06. The van der Waals surface area contributed by atoms with Gasteiger partial charge in [0.2, 0.25) is 11.8 Å². The molecule has 1 aromatic rings. The largest absolute Gasteiger partial charge is 0.480 e. The van der Waals surface area contributed by atoms with E-state index in [-0.39, 0.29) is 24.4 Å². The molecule has 1 unspecified atom stereocenters. The molecule has 8 nitrogen and oxygen atoms in total. The molecule has 1 aliphatic rings. The van der Waals surface area contributed by atoms with Crippen LogP contribution in [0.4, 0.5) is 0 Å². The maximum absolute atomic E-state index is 12.4. The Morgan fingerprint density at radius 3 is 2.72 bits per heavy atom. The molecule has 1 aliphatic heterocycles. The van der Waals surface area contributed by atoms with E-state index in [2.05, 4.69) is 5.10 Å². The smallest absolute Gasteiger partial charge is 0.323 e. The lowest BCUT2D eigenvalue weighted by molar-refractivity contribution is -0.145. The predicted molar refractivity (Wildman–Crippen MR) is 91.5 cm³/mol. The molecule has 2 heterocycles. The summed E-state index contributed by atoms with van der Waals surface area (Å²) in [5.74, 6) is -1.36. The van der Waals surface area contributed by atoms with Crippen molar-refractivity contribution in [3.05, 3.63) is 24.0 Å². The Kier molecular flexibility index (Phi) is 6.32. The van der Waals surface area contributed by atoms with Gasteiger partial charge in [0.1, 0.15) is 6.54 Å². The Balaban J connectivity index is 1.97. The SMILES string of the molecule is CC(=O)N(CC(=O)O)C1CCCN(C(=O)/C=C/c2ccnn2C)CC1. The molecule has 0 bridgehead atoms. The summed E-state index contributed by atoms with van der Waals surface area (Å²) >= 11 is 0. The zero-order valence-corrected chi connectivity index (χ0v) is 14.6. The van der Waals surface area contributed by atoms with Crippen LogP contribution >= 0.6 is 0 Å². The molecule has 2 rings (SSSR count). The molecule has 0 aromatic carbocycles. The van der Waals surface area contributed by atoms with E-state index in [9.17, 15) is 14.4 Å². The minimum atomic E-state index is -1.02. The van der Waals surface area contributed by atoms with Crippen molar-refractivity contribution in [3.8, 4) is 0 Å². The van der Waals surface area contributed by atoms with Gasteiger partial charge in [0.25, 0.3) is 0 Å². The maximum atomic E-state index is 12.4. The Morgan fingerprint density at radius 2 is 2.12 bits per heavy atom. The van der Waals surface area contributed by atoms with Crippen LogP contribution < -0.4 is 0 Å². The van der Waals surface area contributed by atoms with Gasteiger partial charge < -0.3 is 14.9 Å². The molecule has 0 saturated carbocycles. The van der Waals surface area contributed by atoms with Crippen LogP contribution in [-0.2, 0) is 21.4 Å². The highest BCUT2D eigenvalue weighted by atomic mass is 16.4. The number of hydrogen-bond donors (Lipinski definition) is 1. The van der Waals surface area contributed by atoms with Gasteiger partial charge in [-0.3, -0.25) is 19.1 Å². The highest BCUT2D eigenvalue weighted by molar-refractivity contribution is 5.91. The molecule has 8 heteroatoms. The molecule has 25 heavy (non-hydrogen) atoms. The van der Waals surface area contributed by atoms with Gasteiger partial charge in [-0.25, -0.2) is 0 Å². The van der Waals surface area contributed by atoms with Crippen molar-refractivity contribution >= 4 is 23.9 Å². The third-order valence-corrected chi connectivity index (χ3v) is 4.42. The maximum Gasteiger partial charge on any atom is 0.323 e. The summed E-state index contributed by atoms with van der Waals surface area (Å²) in [6.07, 6.45) is 6.93. The van der Waals surface area contributed by atoms with Crippen LogP contribution in [0.1, 0.15) is 31.9 Å². The number of likely N-dealkylation sites (tertiary alicyclic amines) is 1. The fourth-order valence-corrected chi connectivity index (χ4v) is 3.06. The van der Waals surface area contributed by atoms with Gasteiger partial charge in [0, 0.05) is 45.4 Å². The van der Waals surface area contributed by atoms with Crippen molar-refractivity contribution < 1.29 is 19.5 Å². The molecule has 2 amide bonds. The second-order valence-corrected chi connectivity index (χ2v) is 6.16. The number of aromatic nitrogens is 2. The van der Waals surface area contributed by atoms with Crippen LogP contribution in [0.2, 0.25) is 0 Å². The first-order valence-electron chi connectivity index (χ1n) is 8.32. The third-order valence-electron chi connectivity index (χ3n) is 4.42. The summed E-state index contributed by atoms with van der Waals surface area (Å²) in [4.78, 5) is 38.2. The minimum absolute atomic E-state index is 0.0885.